The lowest BCUT2D eigenvalue weighted by molar-refractivity contribution is -0.117. The van der Waals surface area contributed by atoms with Crippen molar-refractivity contribution in [1.82, 2.24) is 9.97 Å². The first-order valence-corrected chi connectivity index (χ1v) is 6.46. The fourth-order valence-electron chi connectivity index (χ4n) is 2.14. The van der Waals surface area contributed by atoms with Crippen LogP contribution in [0.3, 0.4) is 0 Å². The maximum absolute atomic E-state index is 11.2. The molecule has 0 spiro atoms. The van der Waals surface area contributed by atoms with Gasteiger partial charge in [-0.3, -0.25) is 4.79 Å². The Bertz CT molecular complexity index is 594. The van der Waals surface area contributed by atoms with Gasteiger partial charge in [-0.05, 0) is 18.8 Å². The van der Waals surface area contributed by atoms with E-state index >= 15 is 0 Å². The molecule has 100 valence electrons. The van der Waals surface area contributed by atoms with Gasteiger partial charge in [0.15, 0.2) is 5.49 Å². The molecule has 2 aliphatic rings. The van der Waals surface area contributed by atoms with Crippen molar-refractivity contribution in [2.45, 2.75) is 19.3 Å². The molecule has 2 aliphatic heterocycles. The number of aromatic nitrogens is 2. The minimum Gasteiger partial charge on any atom is -0.463 e. The highest BCUT2D eigenvalue weighted by Gasteiger charge is 2.15. The molecule has 1 aromatic heterocycles. The van der Waals surface area contributed by atoms with Crippen LogP contribution in [0.15, 0.2) is 11.2 Å². The van der Waals surface area contributed by atoms with Crippen LogP contribution in [-0.2, 0) is 9.53 Å². The second-order valence-corrected chi connectivity index (χ2v) is 4.71. The first-order valence-electron chi connectivity index (χ1n) is 6.46. The minimum absolute atomic E-state index is 0.179. The molecule has 0 radical (unpaired) electrons. The van der Waals surface area contributed by atoms with E-state index in [1.54, 1.807) is 12.3 Å². The zero-order valence-corrected chi connectivity index (χ0v) is 10.5. The number of rotatable bonds is 3. The Morgan fingerprint density at radius 1 is 1.37 bits per heavy atom. The van der Waals surface area contributed by atoms with Gasteiger partial charge >= 0.3 is 6.01 Å². The smallest absolute Gasteiger partial charge is 0.318 e. The van der Waals surface area contributed by atoms with Crippen molar-refractivity contribution in [3.63, 3.8) is 0 Å². The lowest BCUT2D eigenvalue weighted by atomic mass is 10.0. The Morgan fingerprint density at radius 3 is 3.05 bits per heavy atom. The molecule has 3 rings (SSSR count). The molecular weight excluding hydrogens is 246 g/mol. The quantitative estimate of drug-likeness (QED) is 0.741. The predicted octanol–water partition coefficient (Wildman–Crippen LogP) is -0.388. The van der Waals surface area contributed by atoms with Crippen molar-refractivity contribution in [3.8, 4) is 6.01 Å². The average molecular weight is 261 g/mol. The summed E-state index contributed by atoms with van der Waals surface area (Å²) in [5.74, 6) is 0.306. The Morgan fingerprint density at radius 2 is 2.21 bits per heavy atom. The topological polar surface area (TPSA) is 73.7 Å². The van der Waals surface area contributed by atoms with Crippen LogP contribution in [0.4, 0.5) is 0 Å². The molecule has 19 heavy (non-hydrogen) atoms. The lowest BCUT2D eigenvalue weighted by Gasteiger charge is -2.21. The van der Waals surface area contributed by atoms with Crippen molar-refractivity contribution in [2.24, 2.45) is 10.9 Å². The monoisotopic (exact) mass is 261 g/mol. The molecular formula is C13H15N3O3. The van der Waals surface area contributed by atoms with E-state index in [9.17, 15) is 4.79 Å². The first kappa shape index (κ1) is 12.2. The van der Waals surface area contributed by atoms with Gasteiger partial charge in [0.05, 0.1) is 6.61 Å². The van der Waals surface area contributed by atoms with E-state index in [-0.39, 0.29) is 11.9 Å². The van der Waals surface area contributed by atoms with Crippen LogP contribution < -0.4 is 15.4 Å². The Balaban J connectivity index is 1.70. The van der Waals surface area contributed by atoms with Crippen LogP contribution in [0.2, 0.25) is 0 Å². The van der Waals surface area contributed by atoms with E-state index in [2.05, 4.69) is 15.0 Å². The maximum atomic E-state index is 11.2. The van der Waals surface area contributed by atoms with Crippen molar-refractivity contribution in [3.05, 3.63) is 16.9 Å². The number of carbonyl (C=O) groups excluding carboxylic acids is 1. The van der Waals surface area contributed by atoms with Crippen LogP contribution in [-0.4, -0.2) is 35.7 Å². The van der Waals surface area contributed by atoms with E-state index in [4.69, 9.17) is 9.47 Å². The SMILES string of the molecule is O=C1CC=c2cnc(OCC3CCOCC3)nc2=N1. The van der Waals surface area contributed by atoms with Gasteiger partial charge < -0.3 is 9.47 Å². The standard InChI is InChI=1S/C13H15N3O3/c17-11-2-1-10-7-14-13(16-12(10)15-11)19-8-9-3-5-18-6-4-9/h1,7,9H,2-6,8H2. The second-order valence-electron chi connectivity index (χ2n) is 4.71. The molecule has 0 aliphatic carbocycles. The molecule has 0 unspecified atom stereocenters. The third kappa shape index (κ3) is 2.96. The Labute approximate surface area is 110 Å². The fraction of sp³-hybridized carbons (Fsp3) is 0.538. The number of fused-ring (bicyclic) bond motifs is 1. The fourth-order valence-corrected chi connectivity index (χ4v) is 2.14. The summed E-state index contributed by atoms with van der Waals surface area (Å²) < 4.78 is 10.9. The molecule has 6 nitrogen and oxygen atoms in total. The van der Waals surface area contributed by atoms with Crippen molar-refractivity contribution < 1.29 is 14.3 Å². The van der Waals surface area contributed by atoms with Crippen LogP contribution >= 0.6 is 0 Å². The number of ether oxygens (including phenoxy) is 2. The number of hydrogen-bond donors (Lipinski definition) is 0. The Kier molecular flexibility index (Phi) is 3.50. The summed E-state index contributed by atoms with van der Waals surface area (Å²) >= 11 is 0. The maximum Gasteiger partial charge on any atom is 0.318 e. The van der Waals surface area contributed by atoms with Crippen molar-refractivity contribution in [1.29, 1.82) is 0 Å². The third-order valence-corrected chi connectivity index (χ3v) is 3.29. The number of amides is 1. The van der Waals surface area contributed by atoms with E-state index in [1.165, 1.54) is 0 Å². The summed E-state index contributed by atoms with van der Waals surface area (Å²) in [4.78, 5) is 23.4. The highest BCUT2D eigenvalue weighted by molar-refractivity contribution is 5.82. The number of nitrogens with zero attached hydrogens (tertiary/aromatic N) is 3. The zero-order chi connectivity index (χ0) is 13.1. The zero-order valence-electron chi connectivity index (χ0n) is 10.5. The molecule has 1 fully saturated rings. The van der Waals surface area contributed by atoms with E-state index in [0.717, 1.165) is 31.3 Å². The lowest BCUT2D eigenvalue weighted by Crippen LogP contribution is -2.34. The van der Waals surface area contributed by atoms with Gasteiger partial charge in [-0.2, -0.15) is 9.98 Å². The third-order valence-electron chi connectivity index (χ3n) is 3.29. The van der Waals surface area contributed by atoms with Gasteiger partial charge in [0.25, 0.3) is 5.91 Å². The van der Waals surface area contributed by atoms with Gasteiger partial charge in [-0.25, -0.2) is 4.98 Å². The Hall–Kier alpha value is -1.82. The molecule has 0 bridgehead atoms. The van der Waals surface area contributed by atoms with Gasteiger partial charge in [0.2, 0.25) is 0 Å². The van der Waals surface area contributed by atoms with Gasteiger partial charge in [-0.1, -0.05) is 6.08 Å². The molecule has 0 aromatic carbocycles. The summed E-state index contributed by atoms with van der Waals surface area (Å²) in [7, 11) is 0. The normalized spacial score (nSPS) is 19.3. The highest BCUT2D eigenvalue weighted by atomic mass is 16.5. The van der Waals surface area contributed by atoms with Crippen LogP contribution in [0, 0.1) is 5.92 Å². The van der Waals surface area contributed by atoms with Crippen molar-refractivity contribution >= 4 is 12.0 Å². The highest BCUT2D eigenvalue weighted by Crippen LogP contribution is 2.15. The van der Waals surface area contributed by atoms with Gasteiger partial charge in [0, 0.05) is 31.1 Å². The van der Waals surface area contributed by atoms with Crippen LogP contribution in [0.1, 0.15) is 19.3 Å². The van der Waals surface area contributed by atoms with E-state index in [0.29, 0.717) is 24.4 Å². The minimum atomic E-state index is -0.179. The molecule has 0 N–H and O–H groups in total. The molecule has 1 amide bonds. The molecule has 6 heteroatoms. The summed E-state index contributed by atoms with van der Waals surface area (Å²) in [6.45, 7) is 2.16. The predicted molar refractivity (Wildman–Crippen MR) is 65.9 cm³/mol. The van der Waals surface area contributed by atoms with E-state index in [1.807, 2.05) is 0 Å². The number of carbonyl (C=O) groups is 1. The molecule has 3 heterocycles. The van der Waals surface area contributed by atoms with Crippen LogP contribution in [0.25, 0.3) is 6.08 Å². The van der Waals surface area contributed by atoms with Crippen molar-refractivity contribution in [2.75, 3.05) is 19.8 Å². The van der Waals surface area contributed by atoms with Crippen LogP contribution in [0.5, 0.6) is 6.01 Å². The average Bonchev–Trinajstić information content (AvgIpc) is 2.46. The molecule has 0 atom stereocenters. The van der Waals surface area contributed by atoms with Gasteiger partial charge in [0.1, 0.15) is 0 Å². The van der Waals surface area contributed by atoms with Gasteiger partial charge in [-0.15, -0.1) is 0 Å². The summed E-state index contributed by atoms with van der Waals surface area (Å²) in [5.41, 5.74) is 0.410. The summed E-state index contributed by atoms with van der Waals surface area (Å²) in [5, 5.41) is 0.790. The first-order chi connectivity index (χ1) is 9.31. The summed E-state index contributed by atoms with van der Waals surface area (Å²) in [6, 6.07) is 0.289. The van der Waals surface area contributed by atoms with E-state index < -0.39 is 0 Å². The molecule has 1 aromatic rings. The summed E-state index contributed by atoms with van der Waals surface area (Å²) in [6.07, 6.45) is 5.76. The molecule has 1 saturated heterocycles. The molecule has 0 saturated carbocycles. The second kappa shape index (κ2) is 5.44. The number of hydrogen-bond acceptors (Lipinski definition) is 5. The largest absolute Gasteiger partial charge is 0.463 e.